The lowest BCUT2D eigenvalue weighted by Crippen LogP contribution is -2.23. The van der Waals surface area contributed by atoms with E-state index in [4.69, 9.17) is 5.41 Å². The number of aryl methyl sites for hydroxylation is 1. The smallest absolute Gasteiger partial charge is 0.148 e. The van der Waals surface area contributed by atoms with Crippen molar-refractivity contribution in [2.45, 2.75) is 26.4 Å². The van der Waals surface area contributed by atoms with Crippen LogP contribution in [-0.4, -0.2) is 53.1 Å². The van der Waals surface area contributed by atoms with E-state index in [1.807, 2.05) is 14.1 Å². The first-order chi connectivity index (χ1) is 8.00. The first-order valence-corrected chi connectivity index (χ1v) is 6.01. The minimum atomic E-state index is 0.491. The minimum absolute atomic E-state index is 0.491. The molecule has 0 saturated heterocycles. The highest BCUT2D eigenvalue weighted by Crippen LogP contribution is 2.19. The molecule has 5 heteroatoms. The third-order valence-corrected chi connectivity index (χ3v) is 3.32. The molecule has 1 aliphatic rings. The normalized spacial score (nSPS) is 16.5. The highest BCUT2D eigenvalue weighted by atomic mass is 15.3. The average molecular weight is 235 g/mol. The Morgan fingerprint density at radius 1 is 1.35 bits per heavy atom. The molecule has 0 atom stereocenters. The van der Waals surface area contributed by atoms with E-state index >= 15 is 0 Å². The first-order valence-electron chi connectivity index (χ1n) is 6.01. The van der Waals surface area contributed by atoms with Gasteiger partial charge in [0.05, 0.1) is 5.69 Å². The number of nitrogens with zero attached hydrogens (tertiary/aromatic N) is 4. The molecule has 2 rings (SSSR count). The molecule has 1 N–H and O–H groups in total. The van der Waals surface area contributed by atoms with Gasteiger partial charge in [0.15, 0.2) is 0 Å². The Kier molecular flexibility index (Phi) is 3.19. The first kappa shape index (κ1) is 12.1. The Morgan fingerprint density at radius 3 is 2.71 bits per heavy atom. The van der Waals surface area contributed by atoms with Crippen LogP contribution in [-0.2, 0) is 13.1 Å². The maximum atomic E-state index is 8.05. The second kappa shape index (κ2) is 4.49. The molecule has 0 radical (unpaired) electrons. The lowest BCUT2D eigenvalue weighted by molar-refractivity contribution is 0.331. The Balaban J connectivity index is 2.39. The van der Waals surface area contributed by atoms with Crippen molar-refractivity contribution in [2.24, 2.45) is 0 Å². The summed E-state index contributed by atoms with van der Waals surface area (Å²) in [6, 6.07) is 0. The summed E-state index contributed by atoms with van der Waals surface area (Å²) < 4.78 is 2.08. The zero-order chi connectivity index (χ0) is 12.6. The van der Waals surface area contributed by atoms with Crippen molar-refractivity contribution in [1.29, 1.82) is 5.41 Å². The van der Waals surface area contributed by atoms with Gasteiger partial charge in [-0.05, 0) is 20.4 Å². The Hall–Kier alpha value is -1.36. The SMILES string of the molecule is Cc1c(C(=N)N(C)C)nn2c1CN(C)CCC2. The predicted octanol–water partition coefficient (Wildman–Crippen LogP) is 0.914. The van der Waals surface area contributed by atoms with Gasteiger partial charge in [-0.15, -0.1) is 0 Å². The van der Waals surface area contributed by atoms with E-state index in [-0.39, 0.29) is 0 Å². The van der Waals surface area contributed by atoms with Crippen molar-refractivity contribution < 1.29 is 0 Å². The van der Waals surface area contributed by atoms with Gasteiger partial charge in [-0.2, -0.15) is 5.10 Å². The van der Waals surface area contributed by atoms with E-state index in [1.165, 1.54) is 5.69 Å². The van der Waals surface area contributed by atoms with Gasteiger partial charge in [-0.25, -0.2) is 0 Å². The standard InChI is InChI=1S/C12H21N5/c1-9-10-8-16(4)6-5-7-17(10)14-11(9)12(13)15(2)3/h13H,5-8H2,1-4H3. The van der Waals surface area contributed by atoms with E-state index in [2.05, 4.69) is 28.7 Å². The number of fused-ring (bicyclic) bond motifs is 1. The summed E-state index contributed by atoms with van der Waals surface area (Å²) in [5.74, 6) is 0.491. The number of hydrogen-bond donors (Lipinski definition) is 1. The van der Waals surface area contributed by atoms with Crippen molar-refractivity contribution >= 4 is 5.84 Å². The molecule has 2 heterocycles. The van der Waals surface area contributed by atoms with Crippen molar-refractivity contribution in [3.05, 3.63) is 17.0 Å². The van der Waals surface area contributed by atoms with Gasteiger partial charge in [-0.1, -0.05) is 0 Å². The summed E-state index contributed by atoms with van der Waals surface area (Å²) in [6.45, 7) is 5.08. The van der Waals surface area contributed by atoms with Gasteiger partial charge >= 0.3 is 0 Å². The molecular formula is C12H21N5. The number of aromatic nitrogens is 2. The van der Waals surface area contributed by atoms with Crippen LogP contribution in [0.1, 0.15) is 23.4 Å². The Labute approximate surface area is 103 Å². The molecule has 5 nitrogen and oxygen atoms in total. The molecule has 0 unspecified atom stereocenters. The van der Waals surface area contributed by atoms with Crippen molar-refractivity contribution in [1.82, 2.24) is 19.6 Å². The third-order valence-electron chi connectivity index (χ3n) is 3.32. The maximum Gasteiger partial charge on any atom is 0.148 e. The fourth-order valence-corrected chi connectivity index (χ4v) is 2.23. The van der Waals surface area contributed by atoms with Crippen LogP contribution in [0.2, 0.25) is 0 Å². The van der Waals surface area contributed by atoms with Crippen LogP contribution in [0.4, 0.5) is 0 Å². The summed E-state index contributed by atoms with van der Waals surface area (Å²) in [7, 11) is 5.91. The van der Waals surface area contributed by atoms with Gasteiger partial charge in [0.2, 0.25) is 0 Å². The van der Waals surface area contributed by atoms with E-state index in [1.54, 1.807) is 4.90 Å². The minimum Gasteiger partial charge on any atom is -0.361 e. The van der Waals surface area contributed by atoms with E-state index in [0.717, 1.165) is 37.3 Å². The van der Waals surface area contributed by atoms with Crippen LogP contribution in [0.3, 0.4) is 0 Å². The van der Waals surface area contributed by atoms with E-state index in [9.17, 15) is 0 Å². The Morgan fingerprint density at radius 2 is 2.06 bits per heavy atom. The molecule has 0 aromatic carbocycles. The molecule has 0 saturated carbocycles. The molecule has 0 aliphatic carbocycles. The number of rotatable bonds is 1. The van der Waals surface area contributed by atoms with Crippen LogP contribution >= 0.6 is 0 Å². The average Bonchev–Trinajstić information content (AvgIpc) is 2.47. The molecule has 94 valence electrons. The maximum absolute atomic E-state index is 8.05. The summed E-state index contributed by atoms with van der Waals surface area (Å²) in [5.41, 5.74) is 3.23. The largest absolute Gasteiger partial charge is 0.361 e. The number of amidine groups is 1. The second-order valence-corrected chi connectivity index (χ2v) is 4.98. The molecular weight excluding hydrogens is 214 g/mol. The zero-order valence-corrected chi connectivity index (χ0v) is 11.1. The molecule has 0 bridgehead atoms. The molecule has 1 aliphatic heterocycles. The fraction of sp³-hybridized carbons (Fsp3) is 0.667. The molecule has 0 spiro atoms. The summed E-state index contributed by atoms with van der Waals surface area (Å²) in [6.07, 6.45) is 1.12. The van der Waals surface area contributed by atoms with Gasteiger partial charge in [0.1, 0.15) is 11.5 Å². The van der Waals surface area contributed by atoms with Crippen LogP contribution in [0.15, 0.2) is 0 Å². The summed E-state index contributed by atoms with van der Waals surface area (Å²) >= 11 is 0. The highest BCUT2D eigenvalue weighted by molar-refractivity contribution is 5.95. The van der Waals surface area contributed by atoms with E-state index in [0.29, 0.717) is 5.84 Å². The van der Waals surface area contributed by atoms with Crippen LogP contribution in [0.5, 0.6) is 0 Å². The molecule has 0 amide bonds. The lowest BCUT2D eigenvalue weighted by Gasteiger charge is -2.14. The van der Waals surface area contributed by atoms with E-state index < -0.39 is 0 Å². The predicted molar refractivity (Wildman–Crippen MR) is 68.4 cm³/mol. The molecule has 17 heavy (non-hydrogen) atoms. The van der Waals surface area contributed by atoms with Crippen molar-refractivity contribution in [2.75, 3.05) is 27.7 Å². The Bertz CT molecular complexity index is 432. The number of hydrogen-bond acceptors (Lipinski definition) is 3. The van der Waals surface area contributed by atoms with Crippen LogP contribution in [0, 0.1) is 12.3 Å². The molecule has 1 aromatic rings. The van der Waals surface area contributed by atoms with Crippen LogP contribution < -0.4 is 0 Å². The summed E-state index contributed by atoms with van der Waals surface area (Å²) in [4.78, 5) is 4.12. The van der Waals surface area contributed by atoms with Crippen molar-refractivity contribution in [3.63, 3.8) is 0 Å². The van der Waals surface area contributed by atoms with Gasteiger partial charge in [0, 0.05) is 39.3 Å². The third kappa shape index (κ3) is 2.20. The fourth-order valence-electron chi connectivity index (χ4n) is 2.23. The lowest BCUT2D eigenvalue weighted by atomic mass is 10.2. The summed E-state index contributed by atoms with van der Waals surface area (Å²) in [5, 5.41) is 12.6. The monoisotopic (exact) mass is 235 g/mol. The zero-order valence-electron chi connectivity index (χ0n) is 11.1. The topological polar surface area (TPSA) is 48.2 Å². The van der Waals surface area contributed by atoms with Gasteiger partial charge in [0.25, 0.3) is 0 Å². The highest BCUT2D eigenvalue weighted by Gasteiger charge is 2.21. The van der Waals surface area contributed by atoms with Crippen LogP contribution in [0.25, 0.3) is 0 Å². The molecule has 0 fully saturated rings. The van der Waals surface area contributed by atoms with Crippen molar-refractivity contribution in [3.8, 4) is 0 Å². The van der Waals surface area contributed by atoms with Gasteiger partial charge < -0.3 is 9.80 Å². The second-order valence-electron chi connectivity index (χ2n) is 4.98. The van der Waals surface area contributed by atoms with Gasteiger partial charge in [-0.3, -0.25) is 10.1 Å². The number of nitrogens with one attached hydrogen (secondary N) is 1. The quantitative estimate of drug-likeness (QED) is 0.581. The molecule has 1 aromatic heterocycles.